The van der Waals surface area contributed by atoms with Crippen molar-refractivity contribution in [1.29, 1.82) is 0 Å². The first-order valence-corrected chi connectivity index (χ1v) is 8.85. The van der Waals surface area contributed by atoms with Crippen molar-refractivity contribution in [2.75, 3.05) is 13.2 Å². The molecule has 1 rings (SSSR count). The summed E-state index contributed by atoms with van der Waals surface area (Å²) in [6, 6.07) is 7.07. The number of benzene rings is 1. The van der Waals surface area contributed by atoms with Gasteiger partial charge < -0.3 is 19.7 Å². The Morgan fingerprint density at radius 3 is 2.04 bits per heavy atom. The molecule has 0 saturated carbocycles. The van der Waals surface area contributed by atoms with E-state index >= 15 is 0 Å². The Labute approximate surface area is 150 Å². The van der Waals surface area contributed by atoms with Gasteiger partial charge in [0.25, 0.3) is 0 Å². The molecule has 2 N–H and O–H groups in total. The Kier molecular flexibility index (Phi) is 11.0. The van der Waals surface area contributed by atoms with Gasteiger partial charge in [0, 0.05) is 18.1 Å². The molecule has 0 radical (unpaired) electrons. The summed E-state index contributed by atoms with van der Waals surface area (Å²) < 4.78 is 10.6. The van der Waals surface area contributed by atoms with Crippen molar-refractivity contribution < 1.29 is 24.5 Å². The lowest BCUT2D eigenvalue weighted by atomic mass is 10.1. The van der Waals surface area contributed by atoms with Crippen molar-refractivity contribution in [3.63, 3.8) is 0 Å². The average Bonchev–Trinajstić information content (AvgIpc) is 2.62. The Balaban J connectivity index is 2.05. The van der Waals surface area contributed by atoms with E-state index in [-0.39, 0.29) is 5.92 Å². The molecule has 1 aromatic carbocycles. The zero-order valence-corrected chi connectivity index (χ0v) is 15.1. The fourth-order valence-electron chi connectivity index (χ4n) is 2.09. The number of ether oxygens (including phenoxy) is 2. The van der Waals surface area contributed by atoms with Crippen LogP contribution in [0.3, 0.4) is 0 Å². The maximum atomic E-state index is 10.6. The van der Waals surface area contributed by atoms with E-state index in [0.717, 1.165) is 37.5 Å². The summed E-state index contributed by atoms with van der Waals surface area (Å²) in [5.74, 6) is 0.117. The van der Waals surface area contributed by atoms with Crippen LogP contribution in [0.1, 0.15) is 55.5 Å². The Morgan fingerprint density at radius 1 is 0.920 bits per heavy atom. The van der Waals surface area contributed by atoms with Crippen LogP contribution in [0.25, 0.3) is 6.08 Å². The van der Waals surface area contributed by atoms with Crippen LogP contribution in [-0.2, 0) is 9.47 Å². The van der Waals surface area contributed by atoms with Crippen LogP contribution in [0.15, 0.2) is 30.3 Å². The van der Waals surface area contributed by atoms with Gasteiger partial charge in [0.05, 0.1) is 6.61 Å². The lowest BCUT2D eigenvalue weighted by Gasteiger charge is -2.15. The van der Waals surface area contributed by atoms with Crippen LogP contribution in [-0.4, -0.2) is 42.3 Å². The van der Waals surface area contributed by atoms with Crippen molar-refractivity contribution in [3.8, 4) is 0 Å². The van der Waals surface area contributed by atoms with Crippen LogP contribution >= 0.6 is 0 Å². The number of hydrogen-bond donors (Lipinski definition) is 2. The van der Waals surface area contributed by atoms with Crippen LogP contribution in [0.2, 0.25) is 0 Å². The van der Waals surface area contributed by atoms with Crippen molar-refractivity contribution in [2.45, 2.75) is 52.1 Å². The zero-order chi connectivity index (χ0) is 18.5. The molecular weight excluding hydrogens is 320 g/mol. The molecule has 0 aromatic heterocycles. The number of hydrogen-bond acceptors (Lipinski definition) is 5. The molecule has 2 unspecified atom stereocenters. The van der Waals surface area contributed by atoms with Crippen molar-refractivity contribution >= 4 is 12.4 Å². The third-order valence-corrected chi connectivity index (χ3v) is 3.71. The lowest BCUT2D eigenvalue weighted by molar-refractivity contribution is -0.126. The lowest BCUT2D eigenvalue weighted by Crippen LogP contribution is -2.19. The average molecular weight is 350 g/mol. The van der Waals surface area contributed by atoms with Gasteiger partial charge in [-0.3, -0.25) is 4.79 Å². The van der Waals surface area contributed by atoms with Gasteiger partial charge in [-0.25, -0.2) is 0 Å². The minimum atomic E-state index is -0.935. The van der Waals surface area contributed by atoms with Crippen molar-refractivity contribution in [3.05, 3.63) is 41.5 Å². The molecule has 0 aliphatic rings. The molecule has 0 bridgehead atoms. The van der Waals surface area contributed by atoms with Gasteiger partial charge in [-0.2, -0.15) is 0 Å². The summed E-state index contributed by atoms with van der Waals surface area (Å²) in [6.45, 7) is 4.89. The summed E-state index contributed by atoms with van der Waals surface area (Å²) in [6.07, 6.45) is 6.29. The predicted molar refractivity (Wildman–Crippen MR) is 98.1 cm³/mol. The van der Waals surface area contributed by atoms with Gasteiger partial charge in [0.15, 0.2) is 12.6 Å². The molecule has 5 nitrogen and oxygen atoms in total. The number of aldehydes is 1. The van der Waals surface area contributed by atoms with Crippen LogP contribution < -0.4 is 0 Å². The number of carbonyl (C=O) groups excluding carboxylic acids is 1. The normalized spacial score (nSPS) is 14.1. The predicted octanol–water partition coefficient (Wildman–Crippen LogP) is 3.40. The Morgan fingerprint density at radius 2 is 1.48 bits per heavy atom. The Bertz CT molecular complexity index is 495. The maximum absolute atomic E-state index is 10.6. The zero-order valence-electron chi connectivity index (χ0n) is 15.1. The third-order valence-electron chi connectivity index (χ3n) is 3.71. The fraction of sp³-hybridized carbons (Fsp3) is 0.550. The van der Waals surface area contributed by atoms with Crippen molar-refractivity contribution in [2.24, 2.45) is 5.92 Å². The molecule has 2 atom stereocenters. The molecule has 25 heavy (non-hydrogen) atoms. The second kappa shape index (κ2) is 12.8. The largest absolute Gasteiger partial charge is 0.368 e. The Hall–Kier alpha value is -1.53. The summed E-state index contributed by atoms with van der Waals surface area (Å²) in [7, 11) is 0. The monoisotopic (exact) mass is 350 g/mol. The highest BCUT2D eigenvalue weighted by Gasteiger charge is 2.08. The van der Waals surface area contributed by atoms with Crippen LogP contribution in [0, 0.1) is 5.92 Å². The van der Waals surface area contributed by atoms with Gasteiger partial charge in [-0.05, 0) is 24.5 Å². The van der Waals surface area contributed by atoms with E-state index in [9.17, 15) is 15.0 Å². The first-order chi connectivity index (χ1) is 12.0. The van der Waals surface area contributed by atoms with E-state index < -0.39 is 12.6 Å². The third kappa shape index (κ3) is 10.1. The highest BCUT2D eigenvalue weighted by atomic mass is 16.6. The highest BCUT2D eigenvalue weighted by Crippen LogP contribution is 2.08. The van der Waals surface area contributed by atoms with E-state index in [2.05, 4.69) is 0 Å². The number of aliphatic hydroxyl groups excluding tert-OH is 2. The molecule has 0 aliphatic carbocycles. The number of unbranched alkanes of at least 4 members (excludes halogenated alkanes) is 3. The molecule has 0 spiro atoms. The summed E-state index contributed by atoms with van der Waals surface area (Å²) in [5.41, 5.74) is 1.52. The summed E-state index contributed by atoms with van der Waals surface area (Å²) in [4.78, 5) is 10.6. The quantitative estimate of drug-likeness (QED) is 0.324. The number of rotatable bonds is 13. The molecule has 140 valence electrons. The van der Waals surface area contributed by atoms with E-state index in [0.29, 0.717) is 18.8 Å². The van der Waals surface area contributed by atoms with Gasteiger partial charge in [-0.15, -0.1) is 0 Å². The number of carbonyl (C=O) groups is 1. The topological polar surface area (TPSA) is 76.0 Å². The second-order valence-corrected chi connectivity index (χ2v) is 6.32. The van der Waals surface area contributed by atoms with Crippen LogP contribution in [0.4, 0.5) is 0 Å². The molecule has 0 amide bonds. The molecule has 0 heterocycles. The molecular formula is C20H30O5. The second-order valence-electron chi connectivity index (χ2n) is 6.32. The SMILES string of the molecule is CC(C)C(O)OCCCCCCOC(O)/C=C/c1ccc(C=O)cc1. The molecule has 5 heteroatoms. The van der Waals surface area contributed by atoms with Crippen LogP contribution in [0.5, 0.6) is 0 Å². The first-order valence-electron chi connectivity index (χ1n) is 8.85. The molecule has 0 aliphatic heterocycles. The smallest absolute Gasteiger partial charge is 0.174 e. The van der Waals surface area contributed by atoms with E-state index in [1.165, 1.54) is 0 Å². The maximum Gasteiger partial charge on any atom is 0.174 e. The fourth-order valence-corrected chi connectivity index (χ4v) is 2.09. The van der Waals surface area contributed by atoms with E-state index in [1.807, 2.05) is 26.0 Å². The summed E-state index contributed by atoms with van der Waals surface area (Å²) in [5, 5.41) is 19.2. The summed E-state index contributed by atoms with van der Waals surface area (Å²) >= 11 is 0. The highest BCUT2D eigenvalue weighted by molar-refractivity contribution is 5.75. The molecule has 1 aromatic rings. The standard InChI is InChI=1S/C20H30O5/c1-16(2)20(23)25-14-6-4-3-5-13-24-19(22)12-11-17-7-9-18(15-21)10-8-17/h7-12,15-16,19-20,22-23H,3-6,13-14H2,1-2H3/b12-11+. The number of aliphatic hydroxyl groups is 2. The van der Waals surface area contributed by atoms with Gasteiger partial charge in [0.2, 0.25) is 0 Å². The molecule has 0 saturated heterocycles. The van der Waals surface area contributed by atoms with E-state index in [1.54, 1.807) is 24.3 Å². The minimum absolute atomic E-state index is 0.117. The minimum Gasteiger partial charge on any atom is -0.368 e. The van der Waals surface area contributed by atoms with E-state index in [4.69, 9.17) is 9.47 Å². The van der Waals surface area contributed by atoms with Gasteiger partial charge in [-0.1, -0.05) is 57.0 Å². The van der Waals surface area contributed by atoms with Crippen molar-refractivity contribution in [1.82, 2.24) is 0 Å². The van der Waals surface area contributed by atoms with Gasteiger partial charge in [0.1, 0.15) is 6.29 Å². The molecule has 0 fully saturated rings. The van der Waals surface area contributed by atoms with Gasteiger partial charge >= 0.3 is 0 Å². The first kappa shape index (κ1) is 21.5.